The highest BCUT2D eigenvalue weighted by Gasteiger charge is 1.93. The third kappa shape index (κ3) is 22.5. The number of allylic oxidation sites excluding steroid dienone is 4. The molecule has 2 rings (SSSR count). The number of rotatable bonds is 12. The molecule has 0 heterocycles. The SMILES string of the molecule is C=CCC.CCC/C(C=O)=C\c1ccccc1.CCCC/C=C(/C=O)CCC.O=Cc1ccccc1. The Morgan fingerprint density at radius 2 is 1.17 bits per heavy atom. The fourth-order valence-corrected chi connectivity index (χ4v) is 2.74. The van der Waals surface area contributed by atoms with Crippen LogP contribution in [0.5, 0.6) is 0 Å². The molecule has 2 aromatic carbocycles. The molecule has 0 fully saturated rings. The zero-order valence-corrected chi connectivity index (χ0v) is 22.8. The molecule has 0 amide bonds. The number of carbonyl (C=O) groups is 3. The summed E-state index contributed by atoms with van der Waals surface area (Å²) in [6, 6.07) is 19.0. The highest BCUT2D eigenvalue weighted by atomic mass is 16.1. The largest absolute Gasteiger partial charge is 0.298 e. The van der Waals surface area contributed by atoms with Gasteiger partial charge in [-0.05, 0) is 48.5 Å². The number of carbonyl (C=O) groups excluding carboxylic acids is 3. The van der Waals surface area contributed by atoms with Crippen molar-refractivity contribution in [2.45, 2.75) is 79.1 Å². The Labute approximate surface area is 220 Å². The Balaban J connectivity index is 0. The smallest absolute Gasteiger partial charge is 0.150 e. The quantitative estimate of drug-likeness (QED) is 0.129. The minimum absolute atomic E-state index is 0.729. The van der Waals surface area contributed by atoms with Crippen molar-refractivity contribution in [3.63, 3.8) is 0 Å². The van der Waals surface area contributed by atoms with Crippen LogP contribution in [0.15, 0.2) is 90.5 Å². The lowest BCUT2D eigenvalue weighted by Gasteiger charge is -1.96. The van der Waals surface area contributed by atoms with Gasteiger partial charge in [0.15, 0.2) is 0 Å². The number of benzene rings is 2. The normalized spacial score (nSPS) is 10.2. The van der Waals surface area contributed by atoms with E-state index in [0.29, 0.717) is 0 Å². The van der Waals surface area contributed by atoms with Crippen LogP contribution in [-0.2, 0) is 9.59 Å². The number of aldehydes is 3. The molecular formula is C33H46O3. The average Bonchev–Trinajstić information content (AvgIpc) is 2.94. The standard InChI is InChI=1S/C12H14O.C10H18O.C7H6O.C4H8/c1-2-6-12(10-13)9-11-7-4-3-5-8-11;1-3-5-6-8-10(9-11)7-4-2;8-6-7-4-2-1-3-5-7;1-3-4-2/h3-5,7-10H,2,6H2,1H3;8-9H,3-7H2,1-2H3;1-6H;3H,1,4H2,2H3/b12-9+;10-8+;;. The molecule has 0 unspecified atom stereocenters. The minimum atomic E-state index is 0.729. The second-order valence-corrected chi connectivity index (χ2v) is 8.01. The van der Waals surface area contributed by atoms with E-state index in [2.05, 4.69) is 40.3 Å². The minimum Gasteiger partial charge on any atom is -0.298 e. The number of hydrogen-bond acceptors (Lipinski definition) is 3. The highest BCUT2D eigenvalue weighted by molar-refractivity contribution is 5.81. The molecule has 0 spiro atoms. The van der Waals surface area contributed by atoms with Gasteiger partial charge in [0.25, 0.3) is 0 Å². The maximum Gasteiger partial charge on any atom is 0.150 e. The van der Waals surface area contributed by atoms with E-state index in [1.165, 1.54) is 12.8 Å². The summed E-state index contributed by atoms with van der Waals surface area (Å²) >= 11 is 0. The molecule has 196 valence electrons. The summed E-state index contributed by atoms with van der Waals surface area (Å²) in [5, 5.41) is 0. The molecule has 0 saturated carbocycles. The van der Waals surface area contributed by atoms with E-state index in [0.717, 1.165) is 79.7 Å². The lowest BCUT2D eigenvalue weighted by molar-refractivity contribution is -0.105. The van der Waals surface area contributed by atoms with Crippen LogP contribution in [0, 0.1) is 0 Å². The van der Waals surface area contributed by atoms with Gasteiger partial charge < -0.3 is 0 Å². The van der Waals surface area contributed by atoms with Gasteiger partial charge in [-0.25, -0.2) is 0 Å². The third-order valence-corrected chi connectivity index (χ3v) is 4.72. The van der Waals surface area contributed by atoms with E-state index in [4.69, 9.17) is 0 Å². The van der Waals surface area contributed by atoms with Crippen molar-refractivity contribution in [1.29, 1.82) is 0 Å². The Morgan fingerprint density at radius 1 is 0.694 bits per heavy atom. The van der Waals surface area contributed by atoms with E-state index in [9.17, 15) is 14.4 Å². The summed E-state index contributed by atoms with van der Waals surface area (Å²) in [5.41, 5.74) is 3.67. The maximum atomic E-state index is 10.6. The van der Waals surface area contributed by atoms with E-state index >= 15 is 0 Å². The fraction of sp³-hybridized carbons (Fsp3) is 0.364. The van der Waals surface area contributed by atoms with Crippen LogP contribution in [0.3, 0.4) is 0 Å². The molecule has 2 aromatic rings. The van der Waals surface area contributed by atoms with Gasteiger partial charge in [-0.1, -0.05) is 126 Å². The van der Waals surface area contributed by atoms with Crippen molar-refractivity contribution >= 4 is 24.9 Å². The van der Waals surface area contributed by atoms with E-state index in [1.807, 2.05) is 60.7 Å². The summed E-state index contributed by atoms with van der Waals surface area (Å²) < 4.78 is 0. The van der Waals surface area contributed by atoms with Crippen LogP contribution < -0.4 is 0 Å². The van der Waals surface area contributed by atoms with Gasteiger partial charge in [-0.3, -0.25) is 14.4 Å². The molecule has 0 radical (unpaired) electrons. The first kappa shape index (κ1) is 34.8. The first-order valence-electron chi connectivity index (χ1n) is 13.0. The van der Waals surface area contributed by atoms with Gasteiger partial charge in [0.1, 0.15) is 18.9 Å². The average molecular weight is 491 g/mol. The predicted octanol–water partition coefficient (Wildman–Crippen LogP) is 9.25. The van der Waals surface area contributed by atoms with Gasteiger partial charge >= 0.3 is 0 Å². The molecule has 0 aliphatic heterocycles. The second-order valence-electron chi connectivity index (χ2n) is 8.01. The van der Waals surface area contributed by atoms with Crippen molar-refractivity contribution in [3.05, 3.63) is 102 Å². The molecule has 0 N–H and O–H groups in total. The molecule has 0 atom stereocenters. The van der Waals surface area contributed by atoms with Crippen LogP contribution in [0.4, 0.5) is 0 Å². The maximum absolute atomic E-state index is 10.6. The van der Waals surface area contributed by atoms with Crippen molar-refractivity contribution in [1.82, 2.24) is 0 Å². The molecule has 0 saturated heterocycles. The molecule has 36 heavy (non-hydrogen) atoms. The Bertz CT molecular complexity index is 849. The molecule has 3 heteroatoms. The van der Waals surface area contributed by atoms with Gasteiger partial charge in [0, 0.05) is 5.56 Å². The lowest BCUT2D eigenvalue weighted by atomic mass is 10.1. The van der Waals surface area contributed by atoms with E-state index < -0.39 is 0 Å². The summed E-state index contributed by atoms with van der Waals surface area (Å²) in [7, 11) is 0. The summed E-state index contributed by atoms with van der Waals surface area (Å²) in [6.45, 7) is 11.9. The Morgan fingerprint density at radius 3 is 1.53 bits per heavy atom. The second kappa shape index (κ2) is 27.9. The number of unbranched alkanes of at least 4 members (excludes halogenated alkanes) is 2. The van der Waals surface area contributed by atoms with Crippen LogP contribution in [0.1, 0.15) is 95.0 Å². The van der Waals surface area contributed by atoms with Gasteiger partial charge in [-0.15, -0.1) is 6.58 Å². The molecule has 0 aliphatic rings. The van der Waals surface area contributed by atoms with Crippen LogP contribution >= 0.6 is 0 Å². The molecule has 0 aliphatic carbocycles. The van der Waals surface area contributed by atoms with Gasteiger partial charge in [0.05, 0.1) is 0 Å². The lowest BCUT2D eigenvalue weighted by Crippen LogP contribution is -1.83. The van der Waals surface area contributed by atoms with E-state index in [-0.39, 0.29) is 0 Å². The van der Waals surface area contributed by atoms with Crippen molar-refractivity contribution in [3.8, 4) is 0 Å². The van der Waals surface area contributed by atoms with Crippen LogP contribution in [0.25, 0.3) is 6.08 Å². The van der Waals surface area contributed by atoms with Gasteiger partial charge in [-0.2, -0.15) is 0 Å². The third-order valence-electron chi connectivity index (χ3n) is 4.72. The van der Waals surface area contributed by atoms with Crippen molar-refractivity contribution in [2.24, 2.45) is 0 Å². The zero-order chi connectivity index (χ0) is 27.3. The van der Waals surface area contributed by atoms with Crippen LogP contribution in [0.2, 0.25) is 0 Å². The number of hydrogen-bond donors (Lipinski definition) is 0. The summed E-state index contributed by atoms with van der Waals surface area (Å²) in [6.07, 6.45) is 17.1. The molecule has 0 bridgehead atoms. The first-order valence-corrected chi connectivity index (χ1v) is 13.0. The van der Waals surface area contributed by atoms with Crippen molar-refractivity contribution in [2.75, 3.05) is 0 Å². The fourth-order valence-electron chi connectivity index (χ4n) is 2.74. The van der Waals surface area contributed by atoms with Crippen LogP contribution in [-0.4, -0.2) is 18.9 Å². The predicted molar refractivity (Wildman–Crippen MR) is 156 cm³/mol. The molecule has 0 aromatic heterocycles. The van der Waals surface area contributed by atoms with Crippen molar-refractivity contribution < 1.29 is 14.4 Å². The summed E-state index contributed by atoms with van der Waals surface area (Å²) in [5.74, 6) is 0. The first-order chi connectivity index (χ1) is 17.6. The topological polar surface area (TPSA) is 51.2 Å². The zero-order valence-electron chi connectivity index (χ0n) is 22.8. The van der Waals surface area contributed by atoms with Gasteiger partial charge in [0.2, 0.25) is 0 Å². The summed E-state index contributed by atoms with van der Waals surface area (Å²) in [4.78, 5) is 31.1. The van der Waals surface area contributed by atoms with E-state index in [1.54, 1.807) is 12.1 Å². The molecule has 3 nitrogen and oxygen atoms in total. The highest BCUT2D eigenvalue weighted by Crippen LogP contribution is 2.09. The monoisotopic (exact) mass is 490 g/mol. The Kier molecular flexibility index (Phi) is 27.0. The Hall–Kier alpha value is -3.33. The molecular weight excluding hydrogens is 444 g/mol.